The molecule has 2 bridgehead atoms. The summed E-state index contributed by atoms with van der Waals surface area (Å²) >= 11 is 0. The van der Waals surface area contributed by atoms with E-state index in [1.165, 1.54) is 18.2 Å². The van der Waals surface area contributed by atoms with Crippen LogP contribution in [0.15, 0.2) is 36.4 Å². The Kier molecular flexibility index (Phi) is 3.49. The monoisotopic (exact) mass is 289 g/mol. The average Bonchev–Trinajstić information content (AvgIpc) is 2.47. The molecule has 4 nitrogen and oxygen atoms in total. The number of benzene rings is 1. The number of amides is 1. The molecule has 3 aliphatic carbocycles. The molecule has 1 amide bonds. The summed E-state index contributed by atoms with van der Waals surface area (Å²) in [5.41, 5.74) is 0.356. The van der Waals surface area contributed by atoms with Crippen molar-refractivity contribution >= 4 is 17.6 Å². The molecule has 2 N–H and O–H groups in total. The zero-order valence-corrected chi connectivity index (χ0v) is 11.3. The van der Waals surface area contributed by atoms with Crippen molar-refractivity contribution in [1.82, 2.24) is 0 Å². The molecule has 4 atom stereocenters. The molecule has 1 aromatic carbocycles. The van der Waals surface area contributed by atoms with E-state index in [0.717, 1.165) is 12.8 Å². The third-order valence-electron chi connectivity index (χ3n) is 4.43. The second kappa shape index (κ2) is 5.31. The number of allylic oxidation sites excluding steroid dienone is 2. The second-order valence-electron chi connectivity index (χ2n) is 5.68. The SMILES string of the molecule is O=C(O)[C@@H]1[C@@H](C(=O)Nc2cccc(F)c2)[C@H]2C=C[C@@H]1CC2. The molecule has 0 aliphatic heterocycles. The first-order chi connectivity index (χ1) is 10.1. The van der Waals surface area contributed by atoms with Crippen LogP contribution < -0.4 is 5.32 Å². The van der Waals surface area contributed by atoms with Crippen molar-refractivity contribution in [2.45, 2.75) is 12.8 Å². The Morgan fingerprint density at radius 2 is 1.81 bits per heavy atom. The molecule has 0 saturated heterocycles. The van der Waals surface area contributed by atoms with Crippen LogP contribution in [0.2, 0.25) is 0 Å². The Morgan fingerprint density at radius 1 is 1.14 bits per heavy atom. The third-order valence-corrected chi connectivity index (χ3v) is 4.43. The Balaban J connectivity index is 1.83. The highest BCUT2D eigenvalue weighted by Crippen LogP contribution is 2.45. The summed E-state index contributed by atoms with van der Waals surface area (Å²) in [5, 5.41) is 12.1. The lowest BCUT2D eigenvalue weighted by Gasteiger charge is -2.41. The molecular weight excluding hydrogens is 273 g/mol. The molecule has 0 radical (unpaired) electrons. The molecule has 110 valence electrons. The van der Waals surface area contributed by atoms with Gasteiger partial charge >= 0.3 is 5.97 Å². The topological polar surface area (TPSA) is 66.4 Å². The largest absolute Gasteiger partial charge is 0.481 e. The predicted octanol–water partition coefficient (Wildman–Crippen LogP) is 2.68. The minimum Gasteiger partial charge on any atom is -0.481 e. The molecule has 0 aromatic heterocycles. The normalized spacial score (nSPS) is 30.1. The van der Waals surface area contributed by atoms with Gasteiger partial charge in [-0.25, -0.2) is 4.39 Å². The number of nitrogens with one attached hydrogen (secondary N) is 1. The molecule has 0 unspecified atom stereocenters. The van der Waals surface area contributed by atoms with Crippen LogP contribution in [0.5, 0.6) is 0 Å². The van der Waals surface area contributed by atoms with Gasteiger partial charge in [0.05, 0.1) is 11.8 Å². The summed E-state index contributed by atoms with van der Waals surface area (Å²) in [6, 6.07) is 5.62. The first-order valence-electron chi connectivity index (χ1n) is 7.04. The fourth-order valence-corrected chi connectivity index (χ4v) is 3.48. The van der Waals surface area contributed by atoms with Crippen molar-refractivity contribution in [3.8, 4) is 0 Å². The Hall–Kier alpha value is -2.17. The first-order valence-corrected chi connectivity index (χ1v) is 7.04. The molecule has 21 heavy (non-hydrogen) atoms. The van der Waals surface area contributed by atoms with Gasteiger partial charge in [-0.1, -0.05) is 18.2 Å². The summed E-state index contributed by atoms with van der Waals surface area (Å²) < 4.78 is 13.2. The van der Waals surface area contributed by atoms with E-state index in [4.69, 9.17) is 0 Å². The van der Waals surface area contributed by atoms with Gasteiger partial charge in [0.1, 0.15) is 5.82 Å². The van der Waals surface area contributed by atoms with Crippen LogP contribution in [-0.2, 0) is 9.59 Å². The number of carboxylic acid groups (broad SMARTS) is 1. The van der Waals surface area contributed by atoms with Gasteiger partial charge in [-0.3, -0.25) is 9.59 Å². The summed E-state index contributed by atoms with van der Waals surface area (Å²) in [4.78, 5) is 23.9. The van der Waals surface area contributed by atoms with E-state index in [2.05, 4.69) is 5.32 Å². The van der Waals surface area contributed by atoms with Crippen LogP contribution in [-0.4, -0.2) is 17.0 Å². The number of anilines is 1. The molecule has 4 rings (SSSR count). The number of aliphatic carboxylic acids is 1. The summed E-state index contributed by atoms with van der Waals surface area (Å²) in [6.07, 6.45) is 5.50. The number of carbonyl (C=O) groups is 2. The van der Waals surface area contributed by atoms with Gasteiger partial charge in [-0.15, -0.1) is 0 Å². The van der Waals surface area contributed by atoms with Crippen molar-refractivity contribution in [3.63, 3.8) is 0 Å². The van der Waals surface area contributed by atoms with Crippen LogP contribution in [0.3, 0.4) is 0 Å². The van der Waals surface area contributed by atoms with Crippen molar-refractivity contribution in [1.29, 1.82) is 0 Å². The minimum atomic E-state index is -0.937. The molecule has 1 saturated carbocycles. The fourth-order valence-electron chi connectivity index (χ4n) is 3.48. The highest BCUT2D eigenvalue weighted by molar-refractivity contribution is 5.96. The van der Waals surface area contributed by atoms with Crippen molar-refractivity contribution in [2.75, 3.05) is 5.32 Å². The zero-order valence-electron chi connectivity index (χ0n) is 11.3. The van der Waals surface area contributed by atoms with E-state index < -0.39 is 23.6 Å². The van der Waals surface area contributed by atoms with Gasteiger partial charge in [-0.05, 0) is 42.9 Å². The van der Waals surface area contributed by atoms with E-state index in [0.29, 0.717) is 5.69 Å². The number of fused-ring (bicyclic) bond motifs is 2. The summed E-state index contributed by atoms with van der Waals surface area (Å²) in [7, 11) is 0. The third kappa shape index (κ3) is 2.55. The summed E-state index contributed by atoms with van der Waals surface area (Å²) in [6.45, 7) is 0. The minimum absolute atomic E-state index is 0.0512. The van der Waals surface area contributed by atoms with Gasteiger partial charge < -0.3 is 10.4 Å². The van der Waals surface area contributed by atoms with Crippen molar-refractivity contribution < 1.29 is 19.1 Å². The highest BCUT2D eigenvalue weighted by Gasteiger charge is 2.48. The number of rotatable bonds is 3. The first kappa shape index (κ1) is 13.8. The quantitative estimate of drug-likeness (QED) is 0.841. The van der Waals surface area contributed by atoms with E-state index in [-0.39, 0.29) is 17.7 Å². The number of carbonyl (C=O) groups excluding carboxylic acids is 1. The van der Waals surface area contributed by atoms with Gasteiger partial charge in [0.15, 0.2) is 0 Å². The number of halogens is 1. The predicted molar refractivity (Wildman–Crippen MR) is 75.0 cm³/mol. The maximum absolute atomic E-state index is 13.2. The van der Waals surface area contributed by atoms with Gasteiger partial charge in [0, 0.05) is 5.69 Å². The number of hydrogen-bond acceptors (Lipinski definition) is 2. The second-order valence-corrected chi connectivity index (χ2v) is 5.68. The Bertz CT molecular complexity index is 613. The number of hydrogen-bond donors (Lipinski definition) is 2. The van der Waals surface area contributed by atoms with E-state index in [1.807, 2.05) is 12.2 Å². The molecular formula is C16H16FNO3. The van der Waals surface area contributed by atoms with Crippen LogP contribution in [0.25, 0.3) is 0 Å². The molecule has 0 heterocycles. The average molecular weight is 289 g/mol. The lowest BCUT2D eigenvalue weighted by atomic mass is 9.62. The van der Waals surface area contributed by atoms with Gasteiger partial charge in [-0.2, -0.15) is 0 Å². The van der Waals surface area contributed by atoms with Crippen LogP contribution in [0.4, 0.5) is 10.1 Å². The standard InChI is InChI=1S/C16H16FNO3/c17-11-2-1-3-12(8-11)18-15(19)13-9-4-6-10(7-5-9)14(13)16(20)21/h1-4,6,8-10,13-14H,5,7H2,(H,18,19)(H,20,21)/t9-,10+,13-,14-/m0/s1. The van der Waals surface area contributed by atoms with E-state index in [1.54, 1.807) is 6.07 Å². The van der Waals surface area contributed by atoms with Crippen LogP contribution in [0, 0.1) is 29.5 Å². The maximum atomic E-state index is 13.2. The molecule has 0 spiro atoms. The Morgan fingerprint density at radius 3 is 2.38 bits per heavy atom. The van der Waals surface area contributed by atoms with Crippen LogP contribution >= 0.6 is 0 Å². The van der Waals surface area contributed by atoms with E-state index in [9.17, 15) is 19.1 Å². The maximum Gasteiger partial charge on any atom is 0.307 e. The molecule has 3 aliphatic rings. The Labute approximate surface area is 121 Å². The smallest absolute Gasteiger partial charge is 0.307 e. The highest BCUT2D eigenvalue weighted by atomic mass is 19.1. The zero-order chi connectivity index (χ0) is 15.0. The molecule has 1 aromatic rings. The fraction of sp³-hybridized carbons (Fsp3) is 0.375. The van der Waals surface area contributed by atoms with E-state index >= 15 is 0 Å². The van der Waals surface area contributed by atoms with Crippen molar-refractivity contribution in [2.24, 2.45) is 23.7 Å². The molecule has 1 fully saturated rings. The van der Waals surface area contributed by atoms with Gasteiger partial charge in [0.25, 0.3) is 0 Å². The van der Waals surface area contributed by atoms with Crippen LogP contribution in [0.1, 0.15) is 12.8 Å². The lowest BCUT2D eigenvalue weighted by molar-refractivity contribution is -0.151. The molecule has 5 heteroatoms. The number of carboxylic acids is 1. The van der Waals surface area contributed by atoms with Gasteiger partial charge in [0.2, 0.25) is 5.91 Å². The van der Waals surface area contributed by atoms with Crippen molar-refractivity contribution in [3.05, 3.63) is 42.2 Å². The summed E-state index contributed by atoms with van der Waals surface area (Å²) in [5.74, 6) is -3.13. The lowest BCUT2D eigenvalue weighted by Crippen LogP contribution is -2.47.